The lowest BCUT2D eigenvalue weighted by molar-refractivity contribution is 0.0505. The maximum absolute atomic E-state index is 12.2. The van der Waals surface area contributed by atoms with Crippen LogP contribution in [0.1, 0.15) is 35.1 Å². The number of hydrogen-bond acceptors (Lipinski definition) is 5. The number of benzene rings is 2. The normalized spacial score (nSPS) is 14.1. The van der Waals surface area contributed by atoms with Gasteiger partial charge in [0.25, 0.3) is 0 Å². The van der Waals surface area contributed by atoms with Crippen LogP contribution in [0.3, 0.4) is 0 Å². The summed E-state index contributed by atoms with van der Waals surface area (Å²) >= 11 is 0. The Balaban J connectivity index is 1.66. The van der Waals surface area contributed by atoms with Crippen LogP contribution in [0.4, 0.5) is 5.69 Å². The van der Waals surface area contributed by atoms with Crippen molar-refractivity contribution in [2.75, 3.05) is 18.1 Å². The summed E-state index contributed by atoms with van der Waals surface area (Å²) in [5.41, 5.74) is 4.30. The molecule has 154 valence electrons. The Kier molecular flexibility index (Phi) is 5.03. The molecule has 7 nitrogen and oxygen atoms in total. The highest BCUT2D eigenvalue weighted by atomic mass is 16.5. The van der Waals surface area contributed by atoms with E-state index < -0.39 is 5.97 Å². The molecular weight excluding hydrogens is 380 g/mol. The third-order valence-electron chi connectivity index (χ3n) is 5.19. The molecule has 2 heterocycles. The van der Waals surface area contributed by atoms with E-state index in [0.717, 1.165) is 23.0 Å². The number of aliphatic hydroxyl groups is 1. The first-order valence-corrected chi connectivity index (χ1v) is 9.90. The van der Waals surface area contributed by atoms with Crippen LogP contribution < -0.4 is 4.90 Å². The maximum Gasteiger partial charge on any atom is 0.338 e. The van der Waals surface area contributed by atoms with Gasteiger partial charge in [-0.3, -0.25) is 5.41 Å². The fourth-order valence-electron chi connectivity index (χ4n) is 3.65. The molecule has 0 bridgehead atoms. The number of imidazole rings is 1. The smallest absolute Gasteiger partial charge is 0.338 e. The largest absolute Gasteiger partial charge is 0.509 e. The zero-order valence-corrected chi connectivity index (χ0v) is 17.3. The van der Waals surface area contributed by atoms with E-state index in [1.807, 2.05) is 43.7 Å². The minimum Gasteiger partial charge on any atom is -0.509 e. The number of nitrogens with one attached hydrogen (secondary N) is 1. The van der Waals surface area contributed by atoms with Gasteiger partial charge >= 0.3 is 5.97 Å². The highest BCUT2D eigenvalue weighted by molar-refractivity contribution is 6.30. The number of nitrogens with zero attached hydrogens (tertiary/aromatic N) is 3. The highest BCUT2D eigenvalue weighted by Crippen LogP contribution is 2.32. The summed E-state index contributed by atoms with van der Waals surface area (Å²) in [6.07, 6.45) is 0.751. The number of hydrogen-bond donors (Lipinski definition) is 2. The van der Waals surface area contributed by atoms with E-state index in [9.17, 15) is 9.90 Å². The molecule has 0 saturated carbocycles. The van der Waals surface area contributed by atoms with Crippen molar-refractivity contribution >= 4 is 34.1 Å². The van der Waals surface area contributed by atoms with Gasteiger partial charge in [0.2, 0.25) is 0 Å². The van der Waals surface area contributed by atoms with Crippen LogP contribution in [-0.4, -0.2) is 39.6 Å². The highest BCUT2D eigenvalue weighted by Gasteiger charge is 2.32. The molecule has 0 spiro atoms. The number of carbonyl (C=O) groups excluding carboxylic acids is 1. The number of amidine groups is 1. The third kappa shape index (κ3) is 3.32. The van der Waals surface area contributed by atoms with Crippen molar-refractivity contribution in [3.8, 4) is 0 Å². The van der Waals surface area contributed by atoms with Gasteiger partial charge in [-0.15, -0.1) is 0 Å². The Morgan fingerprint density at radius 1 is 1.27 bits per heavy atom. The van der Waals surface area contributed by atoms with Crippen molar-refractivity contribution in [3.05, 3.63) is 65.2 Å². The van der Waals surface area contributed by atoms with E-state index in [1.54, 1.807) is 29.2 Å². The summed E-state index contributed by atoms with van der Waals surface area (Å²) in [6, 6.07) is 12.9. The average Bonchev–Trinajstić information content (AvgIpc) is 3.21. The van der Waals surface area contributed by atoms with E-state index >= 15 is 0 Å². The van der Waals surface area contributed by atoms with Crippen LogP contribution >= 0.6 is 0 Å². The zero-order valence-electron chi connectivity index (χ0n) is 17.3. The summed E-state index contributed by atoms with van der Waals surface area (Å²) < 4.78 is 7.09. The Morgan fingerprint density at radius 2 is 2.07 bits per heavy atom. The minimum atomic E-state index is -0.396. The molecule has 0 saturated heterocycles. The molecule has 0 unspecified atom stereocenters. The summed E-state index contributed by atoms with van der Waals surface area (Å²) in [7, 11) is 1.88. The van der Waals surface area contributed by atoms with E-state index in [-0.39, 0.29) is 18.1 Å². The molecule has 30 heavy (non-hydrogen) atoms. The zero-order chi connectivity index (χ0) is 21.4. The van der Waals surface area contributed by atoms with Crippen molar-refractivity contribution in [1.29, 1.82) is 5.41 Å². The first kappa shape index (κ1) is 19.7. The van der Waals surface area contributed by atoms with Crippen molar-refractivity contribution in [3.63, 3.8) is 0 Å². The predicted octanol–water partition coefficient (Wildman–Crippen LogP) is 4.22. The van der Waals surface area contributed by atoms with Crippen molar-refractivity contribution in [2.24, 2.45) is 7.05 Å². The molecule has 3 aromatic rings. The van der Waals surface area contributed by atoms with Gasteiger partial charge in [-0.25, -0.2) is 9.78 Å². The third-order valence-corrected chi connectivity index (χ3v) is 5.19. The van der Waals surface area contributed by atoms with E-state index in [4.69, 9.17) is 10.1 Å². The molecule has 4 rings (SSSR count). The molecule has 0 amide bonds. The van der Waals surface area contributed by atoms with Gasteiger partial charge < -0.3 is 19.3 Å². The second kappa shape index (κ2) is 7.67. The number of ether oxygens (including phenoxy) is 1. The molecule has 1 aromatic heterocycles. The Labute approximate surface area is 174 Å². The van der Waals surface area contributed by atoms with E-state index in [2.05, 4.69) is 4.98 Å². The number of rotatable bonds is 5. The number of aliphatic hydroxyl groups excluding tert-OH is 1. The molecule has 7 heteroatoms. The standard InChI is InChI=1S/C23H24N4O3/c1-4-10-30-23(29)15-6-5-7-16(12-15)27-13-19(28)20(21(27)24)22-25-17-11-14(2)8-9-18(17)26(22)3/h5-9,11-12,24,28H,4,10,13H2,1-3H3. The molecule has 0 radical (unpaired) electrons. The van der Waals surface area contributed by atoms with Gasteiger partial charge in [0.1, 0.15) is 17.4 Å². The molecular formula is C23H24N4O3. The Morgan fingerprint density at radius 3 is 2.83 bits per heavy atom. The number of fused-ring (bicyclic) bond motifs is 1. The minimum absolute atomic E-state index is 0.0779. The summed E-state index contributed by atoms with van der Waals surface area (Å²) in [6.45, 7) is 4.45. The van der Waals surface area contributed by atoms with Gasteiger partial charge in [0.05, 0.1) is 35.3 Å². The van der Waals surface area contributed by atoms with Gasteiger partial charge in [0, 0.05) is 12.7 Å². The van der Waals surface area contributed by atoms with E-state index in [0.29, 0.717) is 29.3 Å². The number of aryl methyl sites for hydroxylation is 2. The molecule has 0 atom stereocenters. The number of carbonyl (C=O) groups is 1. The van der Waals surface area contributed by atoms with Gasteiger partial charge in [-0.2, -0.15) is 0 Å². The van der Waals surface area contributed by atoms with Crippen LogP contribution in [0.2, 0.25) is 0 Å². The van der Waals surface area contributed by atoms with E-state index in [1.165, 1.54) is 0 Å². The van der Waals surface area contributed by atoms with Crippen molar-refractivity contribution < 1.29 is 14.6 Å². The second-order valence-corrected chi connectivity index (χ2v) is 7.43. The average molecular weight is 404 g/mol. The SMILES string of the molecule is CCCOC(=O)c1cccc(N2CC(O)=C(c3nc4cc(C)ccc4n3C)C2=N)c1. The maximum atomic E-state index is 12.2. The number of anilines is 1. The monoisotopic (exact) mass is 404 g/mol. The lowest BCUT2D eigenvalue weighted by Crippen LogP contribution is -2.26. The first-order chi connectivity index (χ1) is 14.4. The Hall–Kier alpha value is -3.61. The fraction of sp³-hybridized carbons (Fsp3) is 0.261. The van der Waals surface area contributed by atoms with Crippen molar-refractivity contribution in [2.45, 2.75) is 20.3 Å². The second-order valence-electron chi connectivity index (χ2n) is 7.43. The summed E-state index contributed by atoms with van der Waals surface area (Å²) in [5, 5.41) is 19.4. The van der Waals surface area contributed by atoms with Crippen molar-refractivity contribution in [1.82, 2.24) is 9.55 Å². The van der Waals surface area contributed by atoms with Crippen LogP contribution in [0, 0.1) is 12.3 Å². The summed E-state index contributed by atoms with van der Waals surface area (Å²) in [5.74, 6) is 0.363. The molecule has 2 N–H and O–H groups in total. The van der Waals surface area contributed by atoms with Crippen LogP contribution in [0.25, 0.3) is 16.6 Å². The van der Waals surface area contributed by atoms with Crippen LogP contribution in [-0.2, 0) is 11.8 Å². The molecule has 1 aliphatic heterocycles. The quantitative estimate of drug-likeness (QED) is 0.622. The van der Waals surface area contributed by atoms with Crippen LogP contribution in [0.5, 0.6) is 0 Å². The number of esters is 1. The molecule has 0 fully saturated rings. The first-order valence-electron chi connectivity index (χ1n) is 9.90. The fourth-order valence-corrected chi connectivity index (χ4v) is 3.65. The molecule has 2 aromatic carbocycles. The predicted molar refractivity (Wildman–Crippen MR) is 117 cm³/mol. The van der Waals surface area contributed by atoms with Crippen LogP contribution in [0.15, 0.2) is 48.2 Å². The topological polar surface area (TPSA) is 91.4 Å². The molecule has 0 aliphatic carbocycles. The lowest BCUT2D eigenvalue weighted by Gasteiger charge is -2.19. The lowest BCUT2D eigenvalue weighted by atomic mass is 10.2. The summed E-state index contributed by atoms with van der Waals surface area (Å²) in [4.78, 5) is 18.5. The van der Waals surface area contributed by atoms with Gasteiger partial charge in [0.15, 0.2) is 0 Å². The number of aromatic nitrogens is 2. The van der Waals surface area contributed by atoms with Gasteiger partial charge in [-0.05, 0) is 49.2 Å². The van der Waals surface area contributed by atoms with Gasteiger partial charge in [-0.1, -0.05) is 19.1 Å². The Bertz CT molecular complexity index is 1190. The molecule has 1 aliphatic rings.